The Morgan fingerprint density at radius 3 is 2.71 bits per heavy atom. The fourth-order valence-corrected chi connectivity index (χ4v) is 2.68. The maximum absolute atomic E-state index is 12.6. The number of hydrogen-bond acceptors (Lipinski definition) is 3. The summed E-state index contributed by atoms with van der Waals surface area (Å²) >= 11 is 0. The van der Waals surface area contributed by atoms with Crippen LogP contribution in [-0.2, 0) is 0 Å². The topological polar surface area (TPSA) is 78.9 Å². The Morgan fingerprint density at radius 1 is 1.29 bits per heavy atom. The number of benzene rings is 1. The lowest BCUT2D eigenvalue weighted by Gasteiger charge is -2.23. The van der Waals surface area contributed by atoms with Crippen LogP contribution in [0.4, 0.5) is 0 Å². The van der Waals surface area contributed by atoms with Gasteiger partial charge in [-0.2, -0.15) is 0 Å². The van der Waals surface area contributed by atoms with E-state index in [-0.39, 0.29) is 11.7 Å². The van der Waals surface area contributed by atoms with Gasteiger partial charge in [0.1, 0.15) is 0 Å². The predicted octanol–water partition coefficient (Wildman–Crippen LogP) is 2.43. The molecule has 0 spiro atoms. The third-order valence-electron chi connectivity index (χ3n) is 4.14. The monoisotopic (exact) mass is 289 g/mol. The first-order chi connectivity index (χ1) is 9.93. The van der Waals surface area contributed by atoms with Crippen molar-refractivity contribution in [3.05, 3.63) is 35.4 Å². The molecule has 3 N–H and O–H groups in total. The summed E-state index contributed by atoms with van der Waals surface area (Å²) in [5, 5.41) is 11.7. The van der Waals surface area contributed by atoms with Crippen LogP contribution >= 0.6 is 0 Å². The van der Waals surface area contributed by atoms with E-state index >= 15 is 0 Å². The molecule has 2 rings (SSSR count). The highest BCUT2D eigenvalue weighted by Gasteiger charge is 2.26. The summed E-state index contributed by atoms with van der Waals surface area (Å²) in [6, 6.07) is 6.92. The predicted molar refractivity (Wildman–Crippen MR) is 82.5 cm³/mol. The van der Waals surface area contributed by atoms with Crippen LogP contribution in [0.3, 0.4) is 0 Å². The van der Waals surface area contributed by atoms with Crippen LogP contribution in [0.25, 0.3) is 0 Å². The van der Waals surface area contributed by atoms with Gasteiger partial charge in [-0.3, -0.25) is 4.79 Å². The number of carbonyl (C=O) groups excluding carboxylic acids is 1. The van der Waals surface area contributed by atoms with Crippen LogP contribution in [-0.4, -0.2) is 34.9 Å². The largest absolute Gasteiger partial charge is 0.409 e. The van der Waals surface area contributed by atoms with Gasteiger partial charge in [-0.1, -0.05) is 31.1 Å². The van der Waals surface area contributed by atoms with Crippen LogP contribution in [0.15, 0.2) is 29.4 Å². The summed E-state index contributed by atoms with van der Waals surface area (Å²) in [5.74, 6) is 0.0296. The highest BCUT2D eigenvalue weighted by atomic mass is 16.4. The number of hydrogen-bond donors (Lipinski definition) is 2. The quantitative estimate of drug-likeness (QED) is 0.380. The fraction of sp³-hybridized carbons (Fsp3) is 0.500. The molecule has 0 radical (unpaired) electrons. The normalized spacial score (nSPS) is 19.1. The molecule has 1 aromatic carbocycles. The van der Waals surface area contributed by atoms with Crippen molar-refractivity contribution in [3.8, 4) is 0 Å². The summed E-state index contributed by atoms with van der Waals surface area (Å²) in [5.41, 5.74) is 7.01. The molecule has 0 saturated carbocycles. The highest BCUT2D eigenvalue weighted by Crippen LogP contribution is 2.30. The number of amidine groups is 1. The van der Waals surface area contributed by atoms with E-state index in [0.29, 0.717) is 16.5 Å². The molecule has 1 amide bonds. The molecule has 0 unspecified atom stereocenters. The molecular formula is C16H23N3O2. The lowest BCUT2D eigenvalue weighted by molar-refractivity contribution is 0.0757. The van der Waals surface area contributed by atoms with Gasteiger partial charge in [0.05, 0.1) is 0 Å². The van der Waals surface area contributed by atoms with E-state index in [2.05, 4.69) is 19.0 Å². The minimum Gasteiger partial charge on any atom is -0.409 e. The van der Waals surface area contributed by atoms with Gasteiger partial charge in [0.25, 0.3) is 5.91 Å². The van der Waals surface area contributed by atoms with Crippen LogP contribution in [0, 0.1) is 5.41 Å². The minimum absolute atomic E-state index is 0.0142. The molecule has 1 aliphatic heterocycles. The van der Waals surface area contributed by atoms with Crippen molar-refractivity contribution in [1.29, 1.82) is 0 Å². The first-order valence-corrected chi connectivity index (χ1v) is 7.30. The molecule has 1 aliphatic rings. The molecule has 1 heterocycles. The van der Waals surface area contributed by atoms with Crippen molar-refractivity contribution >= 4 is 11.7 Å². The summed E-state index contributed by atoms with van der Waals surface area (Å²) < 4.78 is 0. The molecule has 1 fully saturated rings. The number of likely N-dealkylation sites (tertiary alicyclic amines) is 1. The van der Waals surface area contributed by atoms with Crippen LogP contribution in [0.5, 0.6) is 0 Å². The average molecular weight is 289 g/mol. The zero-order valence-corrected chi connectivity index (χ0v) is 12.7. The molecule has 0 bridgehead atoms. The first kappa shape index (κ1) is 15.4. The van der Waals surface area contributed by atoms with Gasteiger partial charge in [-0.05, 0) is 36.8 Å². The van der Waals surface area contributed by atoms with Crippen LogP contribution in [0.1, 0.15) is 49.0 Å². The Labute approximate surface area is 125 Å². The molecule has 0 aliphatic carbocycles. The van der Waals surface area contributed by atoms with Crippen LogP contribution < -0.4 is 5.73 Å². The van der Waals surface area contributed by atoms with Crippen molar-refractivity contribution < 1.29 is 10.0 Å². The van der Waals surface area contributed by atoms with E-state index in [1.54, 1.807) is 24.3 Å². The van der Waals surface area contributed by atoms with Gasteiger partial charge < -0.3 is 15.8 Å². The summed E-state index contributed by atoms with van der Waals surface area (Å²) in [4.78, 5) is 14.5. The van der Waals surface area contributed by atoms with E-state index < -0.39 is 0 Å². The summed E-state index contributed by atoms with van der Waals surface area (Å²) in [7, 11) is 0. The second-order valence-electron chi connectivity index (χ2n) is 6.38. The Morgan fingerprint density at radius 2 is 2.00 bits per heavy atom. The molecule has 5 nitrogen and oxygen atoms in total. The van der Waals surface area contributed by atoms with Gasteiger partial charge in [-0.25, -0.2) is 0 Å². The third-order valence-corrected chi connectivity index (χ3v) is 4.14. The maximum Gasteiger partial charge on any atom is 0.253 e. The molecular weight excluding hydrogens is 266 g/mol. The second kappa shape index (κ2) is 6.16. The fourth-order valence-electron chi connectivity index (χ4n) is 2.68. The zero-order valence-electron chi connectivity index (χ0n) is 12.7. The van der Waals surface area contributed by atoms with E-state index in [1.807, 2.05) is 4.90 Å². The number of amides is 1. The number of nitrogens with zero attached hydrogens (tertiary/aromatic N) is 2. The summed E-state index contributed by atoms with van der Waals surface area (Å²) in [6.07, 6.45) is 3.18. The average Bonchev–Trinajstić information content (AvgIpc) is 2.66. The molecule has 0 aromatic heterocycles. The van der Waals surface area contributed by atoms with E-state index in [9.17, 15) is 4.79 Å². The Hall–Kier alpha value is -2.04. The maximum atomic E-state index is 12.6. The van der Waals surface area contributed by atoms with Gasteiger partial charge in [0.2, 0.25) is 0 Å². The van der Waals surface area contributed by atoms with Crippen molar-refractivity contribution in [2.24, 2.45) is 16.3 Å². The van der Waals surface area contributed by atoms with E-state index in [1.165, 1.54) is 0 Å². The van der Waals surface area contributed by atoms with Gasteiger partial charge >= 0.3 is 0 Å². The number of oxime groups is 1. The van der Waals surface area contributed by atoms with Crippen molar-refractivity contribution in [2.45, 2.75) is 33.1 Å². The van der Waals surface area contributed by atoms with E-state index in [0.717, 1.165) is 32.4 Å². The zero-order chi connectivity index (χ0) is 15.5. The molecule has 1 aromatic rings. The smallest absolute Gasteiger partial charge is 0.253 e. The molecule has 1 saturated heterocycles. The second-order valence-corrected chi connectivity index (χ2v) is 6.38. The minimum atomic E-state index is 0.0142. The third kappa shape index (κ3) is 3.74. The van der Waals surface area contributed by atoms with Gasteiger partial charge in [0, 0.05) is 24.2 Å². The number of nitrogens with two attached hydrogens (primary N) is 1. The van der Waals surface area contributed by atoms with Crippen molar-refractivity contribution in [3.63, 3.8) is 0 Å². The van der Waals surface area contributed by atoms with E-state index in [4.69, 9.17) is 10.9 Å². The lowest BCUT2D eigenvalue weighted by Crippen LogP contribution is -2.32. The molecule has 114 valence electrons. The standard InChI is InChI=1S/C16H23N3O2/c1-16(2)7-4-9-19(10-8-16)15(20)13-6-3-5-12(11-13)14(17)18-21/h3,5-6,11,21H,4,7-10H2,1-2H3,(H2,17,18). The highest BCUT2D eigenvalue weighted by molar-refractivity contribution is 6.01. The van der Waals surface area contributed by atoms with Crippen molar-refractivity contribution in [2.75, 3.05) is 13.1 Å². The lowest BCUT2D eigenvalue weighted by atomic mass is 9.85. The number of carbonyl (C=O) groups is 1. The molecule has 5 heteroatoms. The first-order valence-electron chi connectivity index (χ1n) is 7.30. The Bertz CT molecular complexity index is 552. The van der Waals surface area contributed by atoms with Crippen molar-refractivity contribution in [1.82, 2.24) is 4.90 Å². The Balaban J connectivity index is 2.16. The number of rotatable bonds is 2. The summed E-state index contributed by atoms with van der Waals surface area (Å²) in [6.45, 7) is 6.07. The molecule has 0 atom stereocenters. The van der Waals surface area contributed by atoms with Crippen LogP contribution in [0.2, 0.25) is 0 Å². The SMILES string of the molecule is CC1(C)CCCN(C(=O)c2cccc(C(N)=NO)c2)CC1. The van der Waals surface area contributed by atoms with Gasteiger partial charge in [0.15, 0.2) is 5.84 Å². The molecule has 21 heavy (non-hydrogen) atoms. The van der Waals surface area contributed by atoms with Gasteiger partial charge in [-0.15, -0.1) is 0 Å². The Kier molecular flexibility index (Phi) is 4.50.